The van der Waals surface area contributed by atoms with Crippen LogP contribution in [0.15, 0.2) is 6.07 Å². The maximum atomic E-state index is 12.7. The van der Waals surface area contributed by atoms with Crippen LogP contribution in [0.2, 0.25) is 0 Å². The van der Waals surface area contributed by atoms with Crippen LogP contribution in [0.3, 0.4) is 0 Å². The number of ether oxygens (including phenoxy) is 2. The van der Waals surface area contributed by atoms with Crippen molar-refractivity contribution >= 4 is 21.9 Å². The summed E-state index contributed by atoms with van der Waals surface area (Å²) in [7, 11) is 0.913. The molecule has 0 bridgehead atoms. The molecule has 0 amide bonds. The van der Waals surface area contributed by atoms with Crippen molar-refractivity contribution in [3.63, 3.8) is 0 Å². The molecule has 0 saturated carbocycles. The molecule has 4 nitrogen and oxygen atoms in total. The van der Waals surface area contributed by atoms with Gasteiger partial charge in [-0.1, -0.05) is 15.9 Å². The molecular weight excluding hydrogens is 357 g/mol. The summed E-state index contributed by atoms with van der Waals surface area (Å²) in [5, 5.41) is -0.178. The quantitative estimate of drug-likeness (QED) is 0.466. The first-order valence-corrected chi connectivity index (χ1v) is 6.03. The summed E-state index contributed by atoms with van der Waals surface area (Å²) < 4.78 is 69.8. The lowest BCUT2D eigenvalue weighted by Crippen LogP contribution is -2.21. The van der Waals surface area contributed by atoms with Crippen molar-refractivity contribution in [1.29, 1.82) is 0 Å². The Hall–Kier alpha value is -1.45. The highest BCUT2D eigenvalue weighted by atomic mass is 79.9. The lowest BCUT2D eigenvalue weighted by Gasteiger charge is -2.15. The van der Waals surface area contributed by atoms with E-state index in [0.29, 0.717) is 6.07 Å². The summed E-state index contributed by atoms with van der Waals surface area (Å²) in [5.41, 5.74) is -1.88. The van der Waals surface area contributed by atoms with E-state index in [-0.39, 0.29) is 11.0 Å². The van der Waals surface area contributed by atoms with Crippen LogP contribution in [0.25, 0.3) is 0 Å². The van der Waals surface area contributed by atoms with Crippen molar-refractivity contribution in [2.45, 2.75) is 18.1 Å². The van der Waals surface area contributed by atoms with Gasteiger partial charge in [0, 0.05) is 10.9 Å². The molecule has 0 unspecified atom stereocenters. The van der Waals surface area contributed by atoms with Gasteiger partial charge in [-0.15, -0.1) is 13.2 Å². The van der Waals surface area contributed by atoms with E-state index in [4.69, 9.17) is 0 Å². The summed E-state index contributed by atoms with van der Waals surface area (Å²) >= 11 is 2.86. The van der Waals surface area contributed by atoms with E-state index < -0.39 is 35.8 Å². The molecule has 0 aliphatic carbocycles. The third-order valence-electron chi connectivity index (χ3n) is 2.07. The zero-order chi connectivity index (χ0) is 15.5. The number of rotatable bonds is 4. The first-order valence-electron chi connectivity index (χ1n) is 4.91. The van der Waals surface area contributed by atoms with Gasteiger partial charge in [0.25, 0.3) is 6.43 Å². The highest BCUT2D eigenvalue weighted by Crippen LogP contribution is 2.32. The van der Waals surface area contributed by atoms with Gasteiger partial charge in [-0.25, -0.2) is 18.6 Å². The van der Waals surface area contributed by atoms with Gasteiger partial charge in [0.2, 0.25) is 0 Å². The molecule has 1 aromatic rings. The molecule has 0 N–H and O–H groups in total. The summed E-state index contributed by atoms with van der Waals surface area (Å²) in [6.45, 7) is 0. The number of methoxy groups -OCH3 is 1. The maximum absolute atomic E-state index is 12.7. The van der Waals surface area contributed by atoms with E-state index >= 15 is 0 Å². The molecule has 0 spiro atoms. The molecule has 0 aliphatic rings. The van der Waals surface area contributed by atoms with Gasteiger partial charge in [-0.2, -0.15) is 0 Å². The van der Waals surface area contributed by atoms with Gasteiger partial charge in [-0.3, -0.25) is 0 Å². The van der Waals surface area contributed by atoms with Gasteiger partial charge in [-0.05, 0) is 6.07 Å². The van der Waals surface area contributed by atoms with Crippen LogP contribution in [0.4, 0.5) is 22.0 Å². The third kappa shape index (κ3) is 4.02. The average molecular weight is 364 g/mol. The van der Waals surface area contributed by atoms with Crippen molar-refractivity contribution in [3.05, 3.63) is 23.0 Å². The van der Waals surface area contributed by atoms with Crippen molar-refractivity contribution in [2.75, 3.05) is 7.11 Å². The van der Waals surface area contributed by atoms with Crippen molar-refractivity contribution in [3.8, 4) is 5.75 Å². The fraction of sp³-hybridized carbons (Fsp3) is 0.400. The Morgan fingerprint density at radius 1 is 1.45 bits per heavy atom. The molecule has 1 aromatic heterocycles. The number of carbonyl (C=O) groups is 1. The second kappa shape index (κ2) is 6.33. The summed E-state index contributed by atoms with van der Waals surface area (Å²) in [4.78, 5) is 14.8. The number of pyridine rings is 1. The number of aromatic nitrogens is 1. The first-order chi connectivity index (χ1) is 9.19. The van der Waals surface area contributed by atoms with Crippen LogP contribution in [0.5, 0.6) is 5.75 Å². The van der Waals surface area contributed by atoms with Crippen LogP contribution in [0, 0.1) is 0 Å². The smallest absolute Gasteiger partial charge is 0.464 e. The molecule has 0 atom stereocenters. The first kappa shape index (κ1) is 16.6. The minimum absolute atomic E-state index is 0.178. The Kier molecular flexibility index (Phi) is 5.26. The van der Waals surface area contributed by atoms with Gasteiger partial charge in [0.05, 0.1) is 12.8 Å². The predicted octanol–water partition coefficient (Wildman–Crippen LogP) is 3.60. The lowest BCUT2D eigenvalue weighted by molar-refractivity contribution is -0.274. The molecule has 10 heteroatoms. The molecule has 0 aliphatic heterocycles. The van der Waals surface area contributed by atoms with Gasteiger partial charge in [0.1, 0.15) is 0 Å². The molecule has 1 rings (SSSR count). The van der Waals surface area contributed by atoms with Crippen LogP contribution < -0.4 is 4.74 Å². The SMILES string of the molecule is COC(=O)c1nc(CBr)c(C(F)F)cc1OC(F)(F)F. The Morgan fingerprint density at radius 2 is 2.05 bits per heavy atom. The molecule has 112 valence electrons. The monoisotopic (exact) mass is 363 g/mol. The van der Waals surface area contributed by atoms with Crippen LogP contribution >= 0.6 is 15.9 Å². The van der Waals surface area contributed by atoms with Gasteiger partial charge in [0.15, 0.2) is 11.4 Å². The summed E-state index contributed by atoms with van der Waals surface area (Å²) in [6, 6.07) is 0.425. The molecule has 0 aromatic carbocycles. The topological polar surface area (TPSA) is 48.4 Å². The number of nitrogens with zero attached hydrogens (tertiary/aromatic N) is 1. The molecular formula is C10H7BrF5NO3. The average Bonchev–Trinajstić information content (AvgIpc) is 2.35. The van der Waals surface area contributed by atoms with Crippen LogP contribution in [-0.4, -0.2) is 24.4 Å². The van der Waals surface area contributed by atoms with Crippen molar-refractivity contribution < 1.29 is 36.2 Å². The van der Waals surface area contributed by atoms with Gasteiger partial charge >= 0.3 is 12.3 Å². The van der Waals surface area contributed by atoms with E-state index in [2.05, 4.69) is 30.4 Å². The number of hydrogen-bond acceptors (Lipinski definition) is 4. The number of halogens is 6. The second-order valence-electron chi connectivity index (χ2n) is 3.34. The zero-order valence-corrected chi connectivity index (χ0v) is 11.4. The van der Waals surface area contributed by atoms with E-state index in [1.807, 2.05) is 0 Å². The second-order valence-corrected chi connectivity index (χ2v) is 3.91. The fourth-order valence-electron chi connectivity index (χ4n) is 1.29. The fourth-order valence-corrected chi connectivity index (χ4v) is 1.74. The molecule has 0 saturated heterocycles. The number of hydrogen-bond donors (Lipinski definition) is 0. The normalized spacial score (nSPS) is 11.6. The molecule has 0 radical (unpaired) electrons. The Balaban J connectivity index is 3.43. The standard InChI is InChI=1S/C10H7BrF5NO3/c1-19-9(18)7-6(20-10(14,15)16)2-4(8(12)13)5(3-11)17-7/h2,8H,3H2,1H3. The van der Waals surface area contributed by atoms with Gasteiger partial charge < -0.3 is 9.47 Å². The third-order valence-corrected chi connectivity index (χ3v) is 2.60. The summed E-state index contributed by atoms with van der Waals surface area (Å²) in [6.07, 6.45) is -8.22. The minimum atomic E-state index is -5.15. The zero-order valence-electron chi connectivity index (χ0n) is 9.80. The number of alkyl halides is 6. The molecule has 0 fully saturated rings. The van der Waals surface area contributed by atoms with Crippen LogP contribution in [-0.2, 0) is 10.1 Å². The Labute approximate surface area is 118 Å². The summed E-state index contributed by atoms with van der Waals surface area (Å²) in [5.74, 6) is -2.36. The van der Waals surface area contributed by atoms with E-state index in [1.54, 1.807) is 0 Å². The predicted molar refractivity (Wildman–Crippen MR) is 59.8 cm³/mol. The Morgan fingerprint density at radius 3 is 2.45 bits per heavy atom. The largest absolute Gasteiger partial charge is 0.573 e. The maximum Gasteiger partial charge on any atom is 0.573 e. The molecule has 1 heterocycles. The highest BCUT2D eigenvalue weighted by Gasteiger charge is 2.35. The number of esters is 1. The Bertz CT molecular complexity index is 506. The number of carbonyl (C=O) groups excluding carboxylic acids is 1. The highest BCUT2D eigenvalue weighted by molar-refractivity contribution is 9.08. The van der Waals surface area contributed by atoms with E-state index in [9.17, 15) is 26.7 Å². The molecule has 20 heavy (non-hydrogen) atoms. The van der Waals surface area contributed by atoms with E-state index in [1.165, 1.54) is 0 Å². The van der Waals surface area contributed by atoms with Crippen molar-refractivity contribution in [2.24, 2.45) is 0 Å². The van der Waals surface area contributed by atoms with Crippen molar-refractivity contribution in [1.82, 2.24) is 4.98 Å². The van der Waals surface area contributed by atoms with E-state index in [0.717, 1.165) is 7.11 Å². The van der Waals surface area contributed by atoms with Crippen LogP contribution in [0.1, 0.15) is 28.2 Å². The minimum Gasteiger partial charge on any atom is -0.464 e. The lowest BCUT2D eigenvalue weighted by atomic mass is 10.1.